The predicted octanol–water partition coefficient (Wildman–Crippen LogP) is 1.76. The van der Waals surface area contributed by atoms with E-state index >= 15 is 0 Å². The van der Waals surface area contributed by atoms with Crippen LogP contribution in [-0.4, -0.2) is 13.1 Å². The van der Waals surface area contributed by atoms with Gasteiger partial charge in [-0.15, -0.1) is 0 Å². The summed E-state index contributed by atoms with van der Waals surface area (Å²) in [6.07, 6.45) is 1.88. The first-order valence-electron chi connectivity index (χ1n) is 3.92. The Morgan fingerprint density at radius 3 is 2.73 bits per heavy atom. The number of ether oxygens (including phenoxy) is 1. The maximum atomic E-state index is 11.1. The molecule has 2 heteroatoms. The quantitative estimate of drug-likeness (QED) is 0.425. The van der Waals surface area contributed by atoms with Crippen molar-refractivity contribution in [1.82, 2.24) is 0 Å². The van der Waals surface area contributed by atoms with E-state index < -0.39 is 0 Å². The number of hydrogen-bond acceptors (Lipinski definition) is 2. The fourth-order valence-electron chi connectivity index (χ4n) is 1.58. The molecule has 2 unspecified atom stereocenters. The summed E-state index contributed by atoms with van der Waals surface area (Å²) < 4.78 is 4.67. The van der Waals surface area contributed by atoms with Crippen LogP contribution in [0.25, 0.3) is 0 Å². The molecule has 0 N–H and O–H groups in total. The van der Waals surface area contributed by atoms with Gasteiger partial charge in [-0.3, -0.25) is 4.79 Å². The molecule has 62 valence electrons. The first-order chi connectivity index (χ1) is 5.16. The van der Waals surface area contributed by atoms with Gasteiger partial charge in [-0.2, -0.15) is 0 Å². The van der Waals surface area contributed by atoms with Gasteiger partial charge in [0.1, 0.15) is 0 Å². The molecule has 0 bridgehead atoms. The molecule has 0 radical (unpaired) electrons. The fraction of sp³-hybridized carbons (Fsp3) is 0.667. The summed E-state index contributed by atoms with van der Waals surface area (Å²) in [6, 6.07) is 0. The lowest BCUT2D eigenvalue weighted by molar-refractivity contribution is -0.146. The Morgan fingerprint density at radius 1 is 1.73 bits per heavy atom. The normalized spacial score (nSPS) is 30.5. The minimum Gasteiger partial charge on any atom is -0.469 e. The summed E-state index contributed by atoms with van der Waals surface area (Å²) >= 11 is 0. The van der Waals surface area contributed by atoms with Crippen LogP contribution in [0.5, 0.6) is 0 Å². The Balaban J connectivity index is 2.61. The van der Waals surface area contributed by atoms with E-state index in [1.807, 2.05) is 6.92 Å². The first kappa shape index (κ1) is 8.31. The van der Waals surface area contributed by atoms with Crippen molar-refractivity contribution in [2.75, 3.05) is 7.11 Å². The van der Waals surface area contributed by atoms with Gasteiger partial charge in [0.25, 0.3) is 0 Å². The highest BCUT2D eigenvalue weighted by atomic mass is 16.5. The van der Waals surface area contributed by atoms with Gasteiger partial charge in [0.05, 0.1) is 13.0 Å². The third kappa shape index (κ3) is 1.44. The van der Waals surface area contributed by atoms with E-state index in [0.29, 0.717) is 5.92 Å². The molecule has 0 aliphatic heterocycles. The molecule has 2 nitrogen and oxygen atoms in total. The zero-order valence-corrected chi connectivity index (χ0v) is 7.09. The largest absolute Gasteiger partial charge is 0.469 e. The maximum Gasteiger partial charge on any atom is 0.309 e. The molecule has 1 aliphatic carbocycles. The molecule has 0 spiro atoms. The summed E-state index contributed by atoms with van der Waals surface area (Å²) in [5.74, 6) is 0.283. The average molecular weight is 154 g/mol. The van der Waals surface area contributed by atoms with Crippen molar-refractivity contribution in [1.29, 1.82) is 0 Å². The van der Waals surface area contributed by atoms with Crippen molar-refractivity contribution in [2.24, 2.45) is 11.8 Å². The molecular formula is C9H14O2. The lowest BCUT2D eigenvalue weighted by Gasteiger charge is -2.12. The monoisotopic (exact) mass is 154 g/mol. The van der Waals surface area contributed by atoms with Crippen molar-refractivity contribution in [2.45, 2.75) is 19.8 Å². The highest BCUT2D eigenvalue weighted by Crippen LogP contribution is 2.35. The van der Waals surface area contributed by atoms with Crippen LogP contribution in [0.1, 0.15) is 19.8 Å². The van der Waals surface area contributed by atoms with Crippen molar-refractivity contribution in [3.05, 3.63) is 12.2 Å². The smallest absolute Gasteiger partial charge is 0.309 e. The number of allylic oxidation sites excluding steroid dienone is 1. The summed E-state index contributed by atoms with van der Waals surface area (Å²) in [6.45, 7) is 5.93. The Kier molecular flexibility index (Phi) is 2.32. The number of methoxy groups -OCH3 is 1. The van der Waals surface area contributed by atoms with E-state index in [4.69, 9.17) is 0 Å². The molecule has 0 aromatic carbocycles. The van der Waals surface area contributed by atoms with Crippen LogP contribution >= 0.6 is 0 Å². The highest BCUT2D eigenvalue weighted by Gasteiger charge is 2.32. The van der Waals surface area contributed by atoms with E-state index in [1.165, 1.54) is 12.7 Å². The molecule has 1 aliphatic rings. The molecule has 0 aromatic rings. The summed E-state index contributed by atoms with van der Waals surface area (Å²) in [5.41, 5.74) is 1.18. The van der Waals surface area contributed by atoms with Crippen molar-refractivity contribution in [3.63, 3.8) is 0 Å². The molecule has 1 saturated carbocycles. The Bertz CT molecular complexity index is 184. The molecule has 11 heavy (non-hydrogen) atoms. The van der Waals surface area contributed by atoms with E-state index in [2.05, 4.69) is 11.3 Å². The summed E-state index contributed by atoms with van der Waals surface area (Å²) in [4.78, 5) is 11.1. The number of esters is 1. The molecule has 1 rings (SSSR count). The van der Waals surface area contributed by atoms with Gasteiger partial charge in [-0.05, 0) is 18.8 Å². The van der Waals surface area contributed by atoms with Gasteiger partial charge in [-0.25, -0.2) is 0 Å². The van der Waals surface area contributed by atoms with E-state index in [0.717, 1.165) is 12.8 Å². The molecular weight excluding hydrogens is 140 g/mol. The molecule has 1 fully saturated rings. The van der Waals surface area contributed by atoms with Crippen LogP contribution in [0.3, 0.4) is 0 Å². The van der Waals surface area contributed by atoms with Crippen molar-refractivity contribution < 1.29 is 9.53 Å². The van der Waals surface area contributed by atoms with Gasteiger partial charge >= 0.3 is 5.97 Å². The highest BCUT2D eigenvalue weighted by molar-refractivity contribution is 5.73. The van der Waals surface area contributed by atoms with E-state index in [1.54, 1.807) is 0 Å². The molecule has 2 atom stereocenters. The lowest BCUT2D eigenvalue weighted by atomic mass is 9.96. The SMILES string of the molecule is C=C1CCC(C(=O)OC)C1C. The Hall–Kier alpha value is -0.790. The van der Waals surface area contributed by atoms with Crippen LogP contribution in [0.4, 0.5) is 0 Å². The third-order valence-corrected chi connectivity index (χ3v) is 2.53. The minimum atomic E-state index is -0.0869. The number of rotatable bonds is 1. The van der Waals surface area contributed by atoms with Crippen LogP contribution in [0.15, 0.2) is 12.2 Å². The number of carbonyl (C=O) groups is 1. The zero-order chi connectivity index (χ0) is 8.43. The van der Waals surface area contributed by atoms with Crippen LogP contribution < -0.4 is 0 Å². The van der Waals surface area contributed by atoms with Gasteiger partial charge in [0.2, 0.25) is 0 Å². The second-order valence-electron chi connectivity index (χ2n) is 3.12. The van der Waals surface area contributed by atoms with Crippen molar-refractivity contribution in [3.8, 4) is 0 Å². The molecule has 0 saturated heterocycles. The standard InChI is InChI=1S/C9H14O2/c1-6-4-5-8(7(6)2)9(10)11-3/h7-8H,1,4-5H2,2-3H3. The minimum absolute atomic E-state index is 0.0625. The lowest BCUT2D eigenvalue weighted by Crippen LogP contribution is -2.18. The predicted molar refractivity (Wildman–Crippen MR) is 43.0 cm³/mol. The topological polar surface area (TPSA) is 26.3 Å². The van der Waals surface area contributed by atoms with Gasteiger partial charge < -0.3 is 4.74 Å². The molecule has 0 amide bonds. The van der Waals surface area contributed by atoms with E-state index in [-0.39, 0.29) is 11.9 Å². The Labute approximate surface area is 67.2 Å². The summed E-state index contributed by atoms with van der Waals surface area (Å²) in [5, 5.41) is 0. The van der Waals surface area contributed by atoms with Crippen LogP contribution in [0.2, 0.25) is 0 Å². The number of carbonyl (C=O) groups excluding carboxylic acids is 1. The number of hydrogen-bond donors (Lipinski definition) is 0. The van der Waals surface area contributed by atoms with E-state index in [9.17, 15) is 4.79 Å². The second-order valence-corrected chi connectivity index (χ2v) is 3.12. The maximum absolute atomic E-state index is 11.1. The fourth-order valence-corrected chi connectivity index (χ4v) is 1.58. The zero-order valence-electron chi connectivity index (χ0n) is 7.09. The molecule has 0 heterocycles. The van der Waals surface area contributed by atoms with Gasteiger partial charge in [-0.1, -0.05) is 19.1 Å². The van der Waals surface area contributed by atoms with Crippen LogP contribution in [-0.2, 0) is 9.53 Å². The molecule has 0 aromatic heterocycles. The van der Waals surface area contributed by atoms with Gasteiger partial charge in [0.15, 0.2) is 0 Å². The average Bonchev–Trinajstić information content (AvgIpc) is 2.32. The summed E-state index contributed by atoms with van der Waals surface area (Å²) in [7, 11) is 1.44. The van der Waals surface area contributed by atoms with Crippen molar-refractivity contribution >= 4 is 5.97 Å². The van der Waals surface area contributed by atoms with Crippen LogP contribution in [0, 0.1) is 11.8 Å². The Morgan fingerprint density at radius 2 is 2.36 bits per heavy atom. The third-order valence-electron chi connectivity index (χ3n) is 2.53. The first-order valence-corrected chi connectivity index (χ1v) is 3.92. The van der Waals surface area contributed by atoms with Gasteiger partial charge in [0, 0.05) is 0 Å². The second kappa shape index (κ2) is 3.07.